The van der Waals surface area contributed by atoms with Crippen molar-refractivity contribution in [3.8, 4) is 11.5 Å². The third-order valence-corrected chi connectivity index (χ3v) is 4.21. The zero-order chi connectivity index (χ0) is 14.7. The highest BCUT2D eigenvalue weighted by molar-refractivity contribution is 7.10. The average molecular weight is 301 g/mol. The predicted molar refractivity (Wildman–Crippen MR) is 82.5 cm³/mol. The lowest BCUT2D eigenvalue weighted by Gasteiger charge is -2.09. The number of carbonyl (C=O) groups excluding carboxylic acids is 1. The Morgan fingerprint density at radius 2 is 2.19 bits per heavy atom. The van der Waals surface area contributed by atoms with E-state index in [4.69, 9.17) is 9.47 Å². The van der Waals surface area contributed by atoms with E-state index in [-0.39, 0.29) is 18.7 Å². The van der Waals surface area contributed by atoms with Gasteiger partial charge in [0.2, 0.25) is 12.7 Å². The number of fused-ring (bicyclic) bond motifs is 1. The molecule has 0 saturated heterocycles. The van der Waals surface area contributed by atoms with Crippen LogP contribution in [0.2, 0.25) is 0 Å². The van der Waals surface area contributed by atoms with Gasteiger partial charge >= 0.3 is 0 Å². The maximum Gasteiger partial charge on any atom is 0.244 e. The van der Waals surface area contributed by atoms with Crippen LogP contribution in [-0.2, 0) is 4.79 Å². The van der Waals surface area contributed by atoms with Crippen LogP contribution < -0.4 is 14.8 Å². The summed E-state index contributed by atoms with van der Waals surface area (Å²) in [5, 5.41) is 4.93. The molecule has 0 radical (unpaired) electrons. The van der Waals surface area contributed by atoms with Crippen LogP contribution >= 0.6 is 11.3 Å². The smallest absolute Gasteiger partial charge is 0.244 e. The van der Waals surface area contributed by atoms with E-state index >= 15 is 0 Å². The van der Waals surface area contributed by atoms with Crippen molar-refractivity contribution in [3.63, 3.8) is 0 Å². The molecule has 1 N–H and O–H groups in total. The van der Waals surface area contributed by atoms with Gasteiger partial charge in [-0.1, -0.05) is 12.1 Å². The van der Waals surface area contributed by atoms with Gasteiger partial charge < -0.3 is 14.8 Å². The minimum absolute atomic E-state index is 0.0129. The van der Waals surface area contributed by atoms with Gasteiger partial charge in [-0.2, -0.15) is 0 Å². The first kappa shape index (κ1) is 13.7. The fourth-order valence-corrected chi connectivity index (χ4v) is 2.79. The minimum Gasteiger partial charge on any atom is -0.454 e. The predicted octanol–water partition coefficient (Wildman–Crippen LogP) is 3.37. The molecule has 0 aliphatic carbocycles. The second-order valence-corrected chi connectivity index (χ2v) is 5.67. The largest absolute Gasteiger partial charge is 0.454 e. The van der Waals surface area contributed by atoms with Gasteiger partial charge in [-0.15, -0.1) is 11.3 Å². The van der Waals surface area contributed by atoms with E-state index in [1.165, 1.54) is 6.08 Å². The summed E-state index contributed by atoms with van der Waals surface area (Å²) < 4.78 is 10.6. The lowest BCUT2D eigenvalue weighted by atomic mass is 10.2. The first-order valence-corrected chi connectivity index (χ1v) is 7.52. The molecule has 0 saturated carbocycles. The molecule has 5 heteroatoms. The van der Waals surface area contributed by atoms with Crippen LogP contribution in [-0.4, -0.2) is 12.7 Å². The van der Waals surface area contributed by atoms with Crippen molar-refractivity contribution in [3.05, 3.63) is 52.2 Å². The van der Waals surface area contributed by atoms with E-state index in [9.17, 15) is 4.79 Å². The standard InChI is InChI=1S/C16H15NO3S/c1-11(15-3-2-8-21-15)17-16(18)7-5-12-4-6-13-14(9-12)20-10-19-13/h2-9,11H,10H2,1H3,(H,17,18)/b7-5+. The van der Waals surface area contributed by atoms with Crippen LogP contribution in [0.5, 0.6) is 11.5 Å². The number of thiophene rings is 1. The number of hydrogen-bond donors (Lipinski definition) is 1. The van der Waals surface area contributed by atoms with E-state index in [1.54, 1.807) is 17.4 Å². The molecule has 1 aromatic heterocycles. The third kappa shape index (κ3) is 3.25. The number of hydrogen-bond acceptors (Lipinski definition) is 4. The molecule has 2 aromatic rings. The Balaban J connectivity index is 1.62. The van der Waals surface area contributed by atoms with Gasteiger partial charge in [-0.3, -0.25) is 4.79 Å². The molecule has 4 nitrogen and oxygen atoms in total. The van der Waals surface area contributed by atoms with Gasteiger partial charge in [0.05, 0.1) is 6.04 Å². The summed E-state index contributed by atoms with van der Waals surface area (Å²) in [6, 6.07) is 9.59. The Kier molecular flexibility index (Phi) is 3.92. The summed E-state index contributed by atoms with van der Waals surface area (Å²) in [6.45, 7) is 2.22. The number of rotatable bonds is 4. The lowest BCUT2D eigenvalue weighted by molar-refractivity contribution is -0.117. The summed E-state index contributed by atoms with van der Waals surface area (Å²) in [6.07, 6.45) is 3.29. The molecule has 1 unspecified atom stereocenters. The molecule has 1 amide bonds. The Labute approximate surface area is 127 Å². The highest BCUT2D eigenvalue weighted by atomic mass is 32.1. The van der Waals surface area contributed by atoms with Crippen molar-refractivity contribution in [2.24, 2.45) is 0 Å². The summed E-state index contributed by atoms with van der Waals surface area (Å²) in [5.41, 5.74) is 0.901. The Hall–Kier alpha value is -2.27. The van der Waals surface area contributed by atoms with Gasteiger partial charge in [0.25, 0.3) is 0 Å². The van der Waals surface area contributed by atoms with Gasteiger partial charge in [0.15, 0.2) is 11.5 Å². The molecule has 1 atom stereocenters. The topological polar surface area (TPSA) is 47.6 Å². The van der Waals surface area contributed by atoms with Crippen LogP contribution in [0.1, 0.15) is 23.4 Å². The third-order valence-electron chi connectivity index (χ3n) is 3.15. The fraction of sp³-hybridized carbons (Fsp3) is 0.188. The van der Waals surface area contributed by atoms with E-state index in [2.05, 4.69) is 5.32 Å². The monoisotopic (exact) mass is 301 g/mol. The zero-order valence-corrected chi connectivity index (χ0v) is 12.4. The second-order valence-electron chi connectivity index (χ2n) is 4.69. The summed E-state index contributed by atoms with van der Waals surface area (Å²) in [4.78, 5) is 13.0. The number of ether oxygens (including phenoxy) is 2. The van der Waals surface area contributed by atoms with Crippen molar-refractivity contribution in [2.45, 2.75) is 13.0 Å². The molecule has 1 aromatic carbocycles. The van der Waals surface area contributed by atoms with Crippen LogP contribution in [0.4, 0.5) is 0 Å². The Bertz CT molecular complexity index is 664. The molecule has 3 rings (SSSR count). The quantitative estimate of drug-likeness (QED) is 0.881. The highest BCUT2D eigenvalue weighted by Crippen LogP contribution is 2.32. The number of benzene rings is 1. The van der Waals surface area contributed by atoms with Crippen molar-refractivity contribution in [1.82, 2.24) is 5.32 Å². The molecule has 1 aliphatic rings. The fourth-order valence-electron chi connectivity index (χ4n) is 2.06. The average Bonchev–Trinajstić information content (AvgIpc) is 3.15. The Morgan fingerprint density at radius 1 is 1.33 bits per heavy atom. The van der Waals surface area contributed by atoms with Gasteiger partial charge in [0.1, 0.15) is 0 Å². The first-order valence-electron chi connectivity index (χ1n) is 6.64. The van der Waals surface area contributed by atoms with Crippen LogP contribution in [0.3, 0.4) is 0 Å². The first-order chi connectivity index (χ1) is 10.2. The van der Waals surface area contributed by atoms with Crippen molar-refractivity contribution in [2.75, 3.05) is 6.79 Å². The second kappa shape index (κ2) is 6.01. The summed E-state index contributed by atoms with van der Waals surface area (Å²) >= 11 is 1.63. The van der Waals surface area contributed by atoms with Gasteiger partial charge in [0, 0.05) is 11.0 Å². The minimum atomic E-state index is -0.117. The van der Waals surface area contributed by atoms with Crippen LogP contribution in [0, 0.1) is 0 Å². The molecular weight excluding hydrogens is 286 g/mol. The van der Waals surface area contributed by atoms with Crippen molar-refractivity contribution in [1.29, 1.82) is 0 Å². The molecule has 108 valence electrons. The SMILES string of the molecule is CC(NC(=O)/C=C/c1ccc2c(c1)OCO2)c1cccs1. The van der Waals surface area contributed by atoms with E-state index in [1.807, 2.05) is 42.6 Å². The number of amides is 1. The lowest BCUT2D eigenvalue weighted by Crippen LogP contribution is -2.23. The molecular formula is C16H15NO3S. The highest BCUT2D eigenvalue weighted by Gasteiger charge is 2.12. The van der Waals surface area contributed by atoms with Gasteiger partial charge in [-0.25, -0.2) is 0 Å². The van der Waals surface area contributed by atoms with E-state index in [0.29, 0.717) is 5.75 Å². The summed E-state index contributed by atoms with van der Waals surface area (Å²) in [5.74, 6) is 1.33. The summed E-state index contributed by atoms with van der Waals surface area (Å²) in [7, 11) is 0. The molecule has 0 spiro atoms. The number of nitrogens with one attached hydrogen (secondary N) is 1. The molecule has 21 heavy (non-hydrogen) atoms. The Morgan fingerprint density at radius 3 is 3.00 bits per heavy atom. The number of carbonyl (C=O) groups is 1. The molecule has 1 aliphatic heterocycles. The maximum absolute atomic E-state index is 11.9. The normalized spacial score (nSPS) is 14.3. The van der Waals surface area contributed by atoms with Crippen molar-refractivity contribution < 1.29 is 14.3 Å². The van der Waals surface area contributed by atoms with Crippen molar-refractivity contribution >= 4 is 23.3 Å². The molecule has 0 fully saturated rings. The maximum atomic E-state index is 11.9. The van der Waals surface area contributed by atoms with Gasteiger partial charge in [-0.05, 0) is 42.1 Å². The van der Waals surface area contributed by atoms with Crippen LogP contribution in [0.15, 0.2) is 41.8 Å². The molecule has 2 heterocycles. The zero-order valence-electron chi connectivity index (χ0n) is 11.5. The van der Waals surface area contributed by atoms with Crippen LogP contribution in [0.25, 0.3) is 6.08 Å². The van der Waals surface area contributed by atoms with E-state index < -0.39 is 0 Å². The molecule has 0 bridgehead atoms. The van der Waals surface area contributed by atoms with E-state index in [0.717, 1.165) is 16.2 Å².